The number of aryl methyl sites for hydroxylation is 1. The summed E-state index contributed by atoms with van der Waals surface area (Å²) >= 11 is 0. The lowest BCUT2D eigenvalue weighted by Crippen LogP contribution is -2.61. The van der Waals surface area contributed by atoms with Gasteiger partial charge in [0, 0.05) is 24.8 Å². The standard InChI is InChI=1S/C15H21N3O/c1-2-18(12-9-16-10-12)14-8-7-11-5-3-4-6-13(11)17-15(14)19/h3-6,12,14,16H,2,7-10H2,1H3,(H,17,19). The summed E-state index contributed by atoms with van der Waals surface area (Å²) in [5, 5.41) is 6.38. The minimum Gasteiger partial charge on any atom is -0.324 e. The maximum Gasteiger partial charge on any atom is 0.241 e. The zero-order valence-electron chi connectivity index (χ0n) is 11.4. The highest BCUT2D eigenvalue weighted by Crippen LogP contribution is 2.25. The van der Waals surface area contributed by atoms with Crippen molar-refractivity contribution in [1.29, 1.82) is 0 Å². The van der Waals surface area contributed by atoms with E-state index in [-0.39, 0.29) is 11.9 Å². The molecule has 0 aliphatic carbocycles. The molecule has 0 saturated carbocycles. The molecule has 4 nitrogen and oxygen atoms in total. The predicted molar refractivity (Wildman–Crippen MR) is 76.2 cm³/mol. The van der Waals surface area contributed by atoms with E-state index in [1.165, 1.54) is 5.56 Å². The molecule has 1 aromatic carbocycles. The SMILES string of the molecule is CCN(C1CNC1)C1CCc2ccccc2NC1=O. The first-order valence-corrected chi connectivity index (χ1v) is 7.15. The van der Waals surface area contributed by atoms with Gasteiger partial charge in [-0.05, 0) is 31.0 Å². The highest BCUT2D eigenvalue weighted by atomic mass is 16.2. The second-order valence-corrected chi connectivity index (χ2v) is 5.34. The van der Waals surface area contributed by atoms with Gasteiger partial charge >= 0.3 is 0 Å². The van der Waals surface area contributed by atoms with Gasteiger partial charge in [-0.2, -0.15) is 0 Å². The molecule has 1 saturated heterocycles. The fourth-order valence-corrected chi connectivity index (χ4v) is 3.06. The Hall–Kier alpha value is -1.39. The van der Waals surface area contributed by atoms with Gasteiger partial charge < -0.3 is 10.6 Å². The van der Waals surface area contributed by atoms with Gasteiger partial charge in [0.15, 0.2) is 0 Å². The van der Waals surface area contributed by atoms with Crippen molar-refractivity contribution in [2.75, 3.05) is 25.0 Å². The molecule has 0 aromatic heterocycles. The van der Waals surface area contributed by atoms with Crippen LogP contribution in [0.15, 0.2) is 24.3 Å². The molecular weight excluding hydrogens is 238 g/mol. The number of anilines is 1. The molecule has 1 fully saturated rings. The molecule has 4 heteroatoms. The summed E-state index contributed by atoms with van der Waals surface area (Å²) in [6, 6.07) is 8.65. The molecule has 2 N–H and O–H groups in total. The second kappa shape index (κ2) is 5.31. The lowest BCUT2D eigenvalue weighted by molar-refractivity contribution is -0.122. The average Bonchev–Trinajstić information content (AvgIpc) is 2.52. The molecule has 1 atom stereocenters. The maximum absolute atomic E-state index is 12.4. The first kappa shape index (κ1) is 12.6. The molecular formula is C15H21N3O. The summed E-state index contributed by atoms with van der Waals surface area (Å²) in [6.45, 7) is 5.08. The molecule has 0 radical (unpaired) electrons. The molecule has 19 heavy (non-hydrogen) atoms. The van der Waals surface area contributed by atoms with Crippen LogP contribution in [0.1, 0.15) is 18.9 Å². The van der Waals surface area contributed by atoms with Gasteiger partial charge in [0.2, 0.25) is 5.91 Å². The van der Waals surface area contributed by atoms with Crippen molar-refractivity contribution in [1.82, 2.24) is 10.2 Å². The van der Waals surface area contributed by atoms with Gasteiger partial charge in [-0.1, -0.05) is 25.1 Å². The summed E-state index contributed by atoms with van der Waals surface area (Å²) in [5.41, 5.74) is 2.24. The summed E-state index contributed by atoms with van der Waals surface area (Å²) in [4.78, 5) is 14.8. The van der Waals surface area contributed by atoms with Crippen molar-refractivity contribution in [2.24, 2.45) is 0 Å². The summed E-state index contributed by atoms with van der Waals surface area (Å²) < 4.78 is 0. The number of carbonyl (C=O) groups excluding carboxylic acids is 1. The normalized spacial score (nSPS) is 23.5. The van der Waals surface area contributed by atoms with Crippen LogP contribution in [0.3, 0.4) is 0 Å². The van der Waals surface area contributed by atoms with E-state index in [0.717, 1.165) is 38.2 Å². The molecule has 2 aliphatic heterocycles. The Bertz CT molecular complexity index is 470. The number of rotatable bonds is 3. The zero-order valence-corrected chi connectivity index (χ0v) is 11.4. The molecule has 1 aromatic rings. The van der Waals surface area contributed by atoms with Crippen LogP contribution in [-0.4, -0.2) is 42.5 Å². The lowest BCUT2D eigenvalue weighted by atomic mass is 10.0. The molecule has 1 unspecified atom stereocenters. The van der Waals surface area contributed by atoms with Crippen LogP contribution in [0.2, 0.25) is 0 Å². The highest BCUT2D eigenvalue weighted by molar-refractivity contribution is 5.96. The van der Waals surface area contributed by atoms with Gasteiger partial charge in [-0.3, -0.25) is 9.69 Å². The number of carbonyl (C=O) groups is 1. The Morgan fingerprint density at radius 1 is 1.32 bits per heavy atom. The Kier molecular flexibility index (Phi) is 3.53. The largest absolute Gasteiger partial charge is 0.324 e. The molecule has 2 heterocycles. The highest BCUT2D eigenvalue weighted by Gasteiger charge is 2.34. The third-order valence-electron chi connectivity index (χ3n) is 4.26. The molecule has 1 amide bonds. The van der Waals surface area contributed by atoms with Crippen LogP contribution < -0.4 is 10.6 Å². The van der Waals surface area contributed by atoms with Crippen molar-refractivity contribution in [3.05, 3.63) is 29.8 Å². The van der Waals surface area contributed by atoms with Crippen molar-refractivity contribution in [2.45, 2.75) is 31.8 Å². The van der Waals surface area contributed by atoms with E-state index in [2.05, 4.69) is 28.5 Å². The van der Waals surface area contributed by atoms with E-state index < -0.39 is 0 Å². The Morgan fingerprint density at radius 3 is 2.79 bits per heavy atom. The fourth-order valence-electron chi connectivity index (χ4n) is 3.06. The third-order valence-corrected chi connectivity index (χ3v) is 4.26. The quantitative estimate of drug-likeness (QED) is 0.858. The van der Waals surface area contributed by atoms with E-state index in [4.69, 9.17) is 0 Å². The van der Waals surface area contributed by atoms with Gasteiger partial charge in [0.25, 0.3) is 0 Å². The van der Waals surface area contributed by atoms with Crippen LogP contribution in [0, 0.1) is 0 Å². The number of benzene rings is 1. The number of hydrogen-bond acceptors (Lipinski definition) is 3. The first-order chi connectivity index (χ1) is 9.29. The number of para-hydroxylation sites is 1. The van der Waals surface area contributed by atoms with E-state index >= 15 is 0 Å². The first-order valence-electron chi connectivity index (χ1n) is 7.15. The van der Waals surface area contributed by atoms with Crippen molar-refractivity contribution >= 4 is 11.6 Å². The minimum absolute atomic E-state index is 0.00417. The van der Waals surface area contributed by atoms with E-state index in [1.807, 2.05) is 18.2 Å². The smallest absolute Gasteiger partial charge is 0.241 e. The summed E-state index contributed by atoms with van der Waals surface area (Å²) in [7, 11) is 0. The second-order valence-electron chi connectivity index (χ2n) is 5.34. The summed E-state index contributed by atoms with van der Waals surface area (Å²) in [6.07, 6.45) is 1.88. The zero-order chi connectivity index (χ0) is 13.2. The van der Waals surface area contributed by atoms with Crippen LogP contribution in [0.25, 0.3) is 0 Å². The van der Waals surface area contributed by atoms with Crippen LogP contribution in [0.4, 0.5) is 5.69 Å². The van der Waals surface area contributed by atoms with Crippen LogP contribution >= 0.6 is 0 Å². The van der Waals surface area contributed by atoms with Crippen LogP contribution in [0.5, 0.6) is 0 Å². The Morgan fingerprint density at radius 2 is 2.11 bits per heavy atom. The van der Waals surface area contributed by atoms with Gasteiger partial charge in [0.1, 0.15) is 0 Å². The number of hydrogen-bond donors (Lipinski definition) is 2. The molecule has 102 valence electrons. The molecule has 0 bridgehead atoms. The topological polar surface area (TPSA) is 44.4 Å². The number of fused-ring (bicyclic) bond motifs is 1. The van der Waals surface area contributed by atoms with Gasteiger partial charge in [-0.15, -0.1) is 0 Å². The minimum atomic E-state index is 0.00417. The number of nitrogens with one attached hydrogen (secondary N) is 2. The van der Waals surface area contributed by atoms with E-state index in [0.29, 0.717) is 6.04 Å². The van der Waals surface area contributed by atoms with Crippen molar-refractivity contribution in [3.63, 3.8) is 0 Å². The number of amides is 1. The lowest BCUT2D eigenvalue weighted by Gasteiger charge is -2.41. The number of likely N-dealkylation sites (N-methyl/N-ethyl adjacent to an activating group) is 1. The van der Waals surface area contributed by atoms with E-state index in [1.54, 1.807) is 0 Å². The van der Waals surface area contributed by atoms with Crippen LogP contribution in [-0.2, 0) is 11.2 Å². The van der Waals surface area contributed by atoms with Gasteiger partial charge in [0.05, 0.1) is 6.04 Å². The van der Waals surface area contributed by atoms with Crippen molar-refractivity contribution < 1.29 is 4.79 Å². The molecule has 3 rings (SSSR count). The predicted octanol–water partition coefficient (Wildman–Crippen LogP) is 1.23. The maximum atomic E-state index is 12.4. The van der Waals surface area contributed by atoms with Gasteiger partial charge in [-0.25, -0.2) is 0 Å². The molecule has 0 spiro atoms. The average molecular weight is 259 g/mol. The van der Waals surface area contributed by atoms with E-state index in [9.17, 15) is 4.79 Å². The third kappa shape index (κ3) is 2.38. The Balaban J connectivity index is 1.79. The fraction of sp³-hybridized carbons (Fsp3) is 0.533. The Labute approximate surface area is 114 Å². The summed E-state index contributed by atoms with van der Waals surface area (Å²) in [5.74, 6) is 0.152. The monoisotopic (exact) mass is 259 g/mol. The number of nitrogens with zero attached hydrogens (tertiary/aromatic N) is 1. The molecule has 2 aliphatic rings. The van der Waals surface area contributed by atoms with Crippen molar-refractivity contribution in [3.8, 4) is 0 Å².